The van der Waals surface area contributed by atoms with E-state index in [9.17, 15) is 0 Å². The molecule has 0 N–H and O–H groups in total. The molecule has 1 aromatic heterocycles. The molecule has 0 atom stereocenters. The van der Waals surface area contributed by atoms with E-state index >= 15 is 0 Å². The van der Waals surface area contributed by atoms with Crippen molar-refractivity contribution in [3.05, 3.63) is 50.9 Å². The lowest BCUT2D eigenvalue weighted by atomic mass is 10.2. The number of piperazine rings is 1. The molecule has 0 amide bonds. The van der Waals surface area contributed by atoms with Crippen LogP contribution in [0.25, 0.3) is 0 Å². The Bertz CT molecular complexity index is 562. The average Bonchev–Trinajstić information content (AvgIpc) is 2.86. The van der Waals surface area contributed by atoms with E-state index in [1.165, 1.54) is 5.69 Å². The largest absolute Gasteiger partial charge is 0.454 e. The lowest BCUT2D eigenvalue weighted by Gasteiger charge is -2.35. The first kappa shape index (κ1) is 14.2. The second-order valence-electron chi connectivity index (χ2n) is 4.95. The van der Waals surface area contributed by atoms with Crippen molar-refractivity contribution in [2.45, 2.75) is 6.54 Å². The quantitative estimate of drug-likeness (QED) is 0.727. The van der Waals surface area contributed by atoms with Crippen molar-refractivity contribution in [2.75, 3.05) is 31.1 Å². The van der Waals surface area contributed by atoms with Gasteiger partial charge in [-0.1, -0.05) is 11.6 Å². The predicted octanol–water partition coefficient (Wildman–Crippen LogP) is 3.86. The van der Waals surface area contributed by atoms with Crippen LogP contribution < -0.4 is 4.90 Å². The van der Waals surface area contributed by atoms with Crippen molar-refractivity contribution in [3.8, 4) is 0 Å². The second-order valence-corrected chi connectivity index (χ2v) is 6.45. The first-order chi connectivity index (χ1) is 9.70. The number of hydrogen-bond acceptors (Lipinski definition) is 3. The van der Waals surface area contributed by atoms with Crippen molar-refractivity contribution in [1.82, 2.24) is 4.90 Å². The fourth-order valence-corrected chi connectivity index (χ4v) is 3.06. The van der Waals surface area contributed by atoms with Crippen LogP contribution in [0, 0.1) is 3.77 Å². The third-order valence-electron chi connectivity index (χ3n) is 3.57. The molecule has 3 rings (SSSR count). The Kier molecular flexibility index (Phi) is 4.53. The van der Waals surface area contributed by atoms with E-state index in [0.717, 1.165) is 47.3 Å². The van der Waals surface area contributed by atoms with E-state index in [1.54, 1.807) is 0 Å². The summed E-state index contributed by atoms with van der Waals surface area (Å²) in [4.78, 5) is 4.83. The third-order valence-corrected chi connectivity index (χ3v) is 4.40. The number of anilines is 1. The zero-order chi connectivity index (χ0) is 13.9. The van der Waals surface area contributed by atoms with E-state index in [0.29, 0.717) is 0 Å². The Labute approximate surface area is 137 Å². The number of rotatable bonds is 3. The van der Waals surface area contributed by atoms with E-state index in [-0.39, 0.29) is 0 Å². The van der Waals surface area contributed by atoms with Gasteiger partial charge in [0.15, 0.2) is 3.77 Å². The molecular formula is C15H16ClIN2O. The Hall–Kier alpha value is -0.720. The van der Waals surface area contributed by atoms with Gasteiger partial charge in [0.05, 0.1) is 6.54 Å². The summed E-state index contributed by atoms with van der Waals surface area (Å²) >= 11 is 8.13. The Balaban J connectivity index is 1.55. The van der Waals surface area contributed by atoms with Crippen molar-refractivity contribution in [1.29, 1.82) is 0 Å². The molecule has 106 valence electrons. The minimum Gasteiger partial charge on any atom is -0.454 e. The standard InChI is InChI=1S/C15H16ClIN2O/c16-12-1-3-13(4-2-12)19-9-7-18(8-10-19)11-14-5-6-15(17)20-14/h1-6H,7-11H2. The molecule has 1 saturated heterocycles. The summed E-state index contributed by atoms with van der Waals surface area (Å²) in [7, 11) is 0. The number of nitrogens with zero attached hydrogens (tertiary/aromatic N) is 2. The van der Waals surface area contributed by atoms with Gasteiger partial charge in [0, 0.05) is 36.9 Å². The lowest BCUT2D eigenvalue weighted by molar-refractivity contribution is 0.229. The van der Waals surface area contributed by atoms with Crippen LogP contribution in [0.2, 0.25) is 5.02 Å². The Morgan fingerprint density at radius 3 is 2.30 bits per heavy atom. The second kappa shape index (κ2) is 6.37. The molecule has 1 aliphatic heterocycles. The Morgan fingerprint density at radius 2 is 1.70 bits per heavy atom. The highest BCUT2D eigenvalue weighted by Crippen LogP contribution is 2.20. The van der Waals surface area contributed by atoms with Gasteiger partial charge in [-0.2, -0.15) is 0 Å². The van der Waals surface area contributed by atoms with Gasteiger partial charge in [-0.3, -0.25) is 4.90 Å². The van der Waals surface area contributed by atoms with Gasteiger partial charge in [0.2, 0.25) is 0 Å². The molecule has 1 fully saturated rings. The summed E-state index contributed by atoms with van der Waals surface area (Å²) in [6.07, 6.45) is 0. The maximum atomic E-state index is 5.93. The lowest BCUT2D eigenvalue weighted by Crippen LogP contribution is -2.45. The summed E-state index contributed by atoms with van der Waals surface area (Å²) in [5.74, 6) is 1.05. The van der Waals surface area contributed by atoms with Crippen LogP contribution in [-0.2, 0) is 6.54 Å². The molecule has 1 aromatic carbocycles. The predicted molar refractivity (Wildman–Crippen MR) is 90.4 cm³/mol. The average molecular weight is 403 g/mol. The molecule has 0 bridgehead atoms. The zero-order valence-corrected chi connectivity index (χ0v) is 14.0. The van der Waals surface area contributed by atoms with E-state index in [1.807, 2.05) is 18.2 Å². The van der Waals surface area contributed by atoms with Crippen molar-refractivity contribution >= 4 is 39.9 Å². The minimum atomic E-state index is 0.791. The summed E-state index contributed by atoms with van der Waals surface area (Å²) in [6, 6.07) is 12.2. The van der Waals surface area contributed by atoms with Gasteiger partial charge in [-0.25, -0.2) is 0 Å². The molecule has 20 heavy (non-hydrogen) atoms. The highest BCUT2D eigenvalue weighted by molar-refractivity contribution is 14.1. The highest BCUT2D eigenvalue weighted by atomic mass is 127. The van der Waals surface area contributed by atoms with Crippen LogP contribution in [-0.4, -0.2) is 31.1 Å². The molecule has 3 nitrogen and oxygen atoms in total. The third kappa shape index (κ3) is 3.48. The summed E-state index contributed by atoms with van der Waals surface area (Å²) < 4.78 is 6.58. The van der Waals surface area contributed by atoms with Crippen LogP contribution in [0.15, 0.2) is 40.8 Å². The number of benzene rings is 1. The molecule has 0 radical (unpaired) electrons. The van der Waals surface area contributed by atoms with E-state index in [4.69, 9.17) is 16.0 Å². The summed E-state index contributed by atoms with van der Waals surface area (Å²) in [5.41, 5.74) is 1.25. The summed E-state index contributed by atoms with van der Waals surface area (Å²) in [6.45, 7) is 5.09. The molecule has 5 heteroatoms. The highest BCUT2D eigenvalue weighted by Gasteiger charge is 2.18. The van der Waals surface area contributed by atoms with Crippen molar-refractivity contribution in [3.63, 3.8) is 0 Å². The summed E-state index contributed by atoms with van der Waals surface area (Å²) in [5, 5.41) is 0.791. The van der Waals surface area contributed by atoms with Crippen LogP contribution in [0.1, 0.15) is 5.76 Å². The fourth-order valence-electron chi connectivity index (χ4n) is 2.47. The van der Waals surface area contributed by atoms with Gasteiger partial charge < -0.3 is 9.32 Å². The van der Waals surface area contributed by atoms with Crippen LogP contribution in [0.5, 0.6) is 0 Å². The Morgan fingerprint density at radius 1 is 1.00 bits per heavy atom. The normalized spacial score (nSPS) is 16.6. The van der Waals surface area contributed by atoms with Crippen molar-refractivity contribution in [2.24, 2.45) is 0 Å². The number of furan rings is 1. The van der Waals surface area contributed by atoms with E-state index in [2.05, 4.69) is 50.6 Å². The zero-order valence-electron chi connectivity index (χ0n) is 11.1. The number of hydrogen-bond donors (Lipinski definition) is 0. The van der Waals surface area contributed by atoms with Gasteiger partial charge in [0.25, 0.3) is 0 Å². The molecule has 0 spiro atoms. The fraction of sp³-hybridized carbons (Fsp3) is 0.333. The molecule has 0 saturated carbocycles. The number of halogens is 2. The molecular weight excluding hydrogens is 387 g/mol. The van der Waals surface area contributed by atoms with Gasteiger partial charge >= 0.3 is 0 Å². The van der Waals surface area contributed by atoms with Crippen LogP contribution in [0.4, 0.5) is 5.69 Å². The molecule has 0 unspecified atom stereocenters. The maximum absolute atomic E-state index is 5.93. The van der Waals surface area contributed by atoms with E-state index < -0.39 is 0 Å². The SMILES string of the molecule is Clc1ccc(N2CCN(Cc3ccc(I)o3)CC2)cc1. The van der Waals surface area contributed by atoms with Crippen molar-refractivity contribution < 1.29 is 4.42 Å². The molecule has 2 heterocycles. The van der Waals surface area contributed by atoms with Gasteiger partial charge in [-0.15, -0.1) is 0 Å². The topological polar surface area (TPSA) is 19.6 Å². The van der Waals surface area contributed by atoms with Crippen LogP contribution in [0.3, 0.4) is 0 Å². The molecule has 2 aromatic rings. The van der Waals surface area contributed by atoms with Gasteiger partial charge in [-0.05, 0) is 59.0 Å². The van der Waals surface area contributed by atoms with Crippen LogP contribution >= 0.6 is 34.2 Å². The monoisotopic (exact) mass is 402 g/mol. The molecule has 1 aliphatic rings. The minimum absolute atomic E-state index is 0.791. The first-order valence-corrected chi connectivity index (χ1v) is 8.13. The van der Waals surface area contributed by atoms with Gasteiger partial charge in [0.1, 0.15) is 5.76 Å². The molecule has 0 aliphatic carbocycles. The maximum Gasteiger partial charge on any atom is 0.164 e. The first-order valence-electron chi connectivity index (χ1n) is 6.68. The smallest absolute Gasteiger partial charge is 0.164 e.